The van der Waals surface area contributed by atoms with Gasteiger partial charge in [0.15, 0.2) is 24.6 Å². The standard InChI is InChI=1S/C67H112O12/c1-4-7-10-13-16-19-22-24-26-28-30-32-34-36-39-41-44-47-50-53-59(68)75-56-58(77-60(69)54-51-48-45-42-38-21-18-15-12-9-6-3)57-76-67-65(63(72)62(71)64(79-67)66(73)74)78-61(70)55-52-49-46-43-40-37-35-33-31-29-27-25-23-20-17-14-11-8-5-2/h8,11,15-20,24-27,31,33,58,62-65,67,71-72H,4-7,9-10,12-14,21-23,28-30,32,34-57H2,1-3H3,(H,73,74)/b11-8-,18-15-,19-16-,20-17-,26-24-,27-25-,33-31-. The minimum absolute atomic E-state index is 0.0406. The van der Waals surface area contributed by atoms with Gasteiger partial charge < -0.3 is 39.0 Å². The second kappa shape index (κ2) is 54.5. The van der Waals surface area contributed by atoms with Crippen LogP contribution in [0.2, 0.25) is 0 Å². The van der Waals surface area contributed by atoms with Crippen molar-refractivity contribution in [3.63, 3.8) is 0 Å². The second-order valence-electron chi connectivity index (χ2n) is 21.3. The number of hydrogen-bond donors (Lipinski definition) is 3. The van der Waals surface area contributed by atoms with Crippen molar-refractivity contribution in [2.45, 2.75) is 302 Å². The van der Waals surface area contributed by atoms with E-state index in [4.69, 9.17) is 23.7 Å². The summed E-state index contributed by atoms with van der Waals surface area (Å²) in [6, 6.07) is 0. The lowest BCUT2D eigenvalue weighted by Crippen LogP contribution is -2.61. The number of esters is 3. The fourth-order valence-electron chi connectivity index (χ4n) is 9.08. The number of carbonyl (C=O) groups excluding carboxylic acids is 3. The molecule has 1 heterocycles. The molecule has 1 fully saturated rings. The van der Waals surface area contributed by atoms with E-state index in [-0.39, 0.29) is 25.9 Å². The molecule has 12 heteroatoms. The predicted octanol–water partition coefficient (Wildman–Crippen LogP) is 16.7. The van der Waals surface area contributed by atoms with Crippen molar-refractivity contribution >= 4 is 23.9 Å². The van der Waals surface area contributed by atoms with Crippen molar-refractivity contribution in [1.82, 2.24) is 0 Å². The van der Waals surface area contributed by atoms with Crippen molar-refractivity contribution in [2.24, 2.45) is 0 Å². The van der Waals surface area contributed by atoms with E-state index in [1.54, 1.807) is 0 Å². The molecule has 0 saturated carbocycles. The minimum Gasteiger partial charge on any atom is -0.479 e. The predicted molar refractivity (Wildman–Crippen MR) is 321 cm³/mol. The molecule has 6 unspecified atom stereocenters. The Morgan fingerprint density at radius 2 is 0.810 bits per heavy atom. The van der Waals surface area contributed by atoms with Crippen LogP contribution in [0.1, 0.15) is 265 Å². The van der Waals surface area contributed by atoms with Crippen LogP contribution in [0.4, 0.5) is 0 Å². The first-order chi connectivity index (χ1) is 38.6. The molecule has 1 rings (SSSR count). The van der Waals surface area contributed by atoms with Crippen LogP contribution in [0.5, 0.6) is 0 Å². The summed E-state index contributed by atoms with van der Waals surface area (Å²) in [7, 11) is 0. The summed E-state index contributed by atoms with van der Waals surface area (Å²) in [4.78, 5) is 51.2. The van der Waals surface area contributed by atoms with Gasteiger partial charge in [-0.25, -0.2) is 4.79 Å². The lowest BCUT2D eigenvalue weighted by Gasteiger charge is -2.40. The number of carbonyl (C=O) groups is 4. The van der Waals surface area contributed by atoms with Crippen molar-refractivity contribution in [3.05, 3.63) is 85.1 Å². The number of aliphatic hydroxyl groups excluding tert-OH is 2. The minimum atomic E-state index is -1.91. The molecule has 0 bridgehead atoms. The summed E-state index contributed by atoms with van der Waals surface area (Å²) in [5.74, 6) is -3.15. The van der Waals surface area contributed by atoms with Crippen LogP contribution < -0.4 is 0 Å². The van der Waals surface area contributed by atoms with Gasteiger partial charge in [0.2, 0.25) is 0 Å². The molecule has 0 aromatic heterocycles. The Hall–Kier alpha value is -4.10. The molecule has 0 spiro atoms. The van der Waals surface area contributed by atoms with Gasteiger partial charge in [-0.05, 0) is 109 Å². The van der Waals surface area contributed by atoms with Crippen LogP contribution in [-0.2, 0) is 42.9 Å². The van der Waals surface area contributed by atoms with Gasteiger partial charge in [0.25, 0.3) is 0 Å². The molecule has 452 valence electrons. The highest BCUT2D eigenvalue weighted by molar-refractivity contribution is 5.74. The maximum atomic E-state index is 13.1. The first kappa shape index (κ1) is 72.9. The van der Waals surface area contributed by atoms with Gasteiger partial charge in [-0.3, -0.25) is 14.4 Å². The zero-order valence-electron chi connectivity index (χ0n) is 49.8. The molecule has 0 aliphatic carbocycles. The third-order valence-corrected chi connectivity index (χ3v) is 13.9. The van der Waals surface area contributed by atoms with E-state index in [9.17, 15) is 34.5 Å². The summed E-state index contributed by atoms with van der Waals surface area (Å²) < 4.78 is 28.5. The highest BCUT2D eigenvalue weighted by atomic mass is 16.7. The Morgan fingerprint density at radius 1 is 0.430 bits per heavy atom. The number of aliphatic carboxylic acids is 1. The molecule has 1 aliphatic rings. The SMILES string of the molecule is CC/C=C\C/C=C\C/C=C\C/C=C\CCCCCCCCC(=O)OC1C(OCC(COC(=O)CCCCCCCCCCC/C=C\C/C=C\CCCCC)OC(=O)CCCCCCC/C=C\CCCC)OC(C(=O)O)C(O)C1O. The Labute approximate surface area is 480 Å². The fourth-order valence-corrected chi connectivity index (χ4v) is 9.08. The summed E-state index contributed by atoms with van der Waals surface area (Å²) >= 11 is 0. The highest BCUT2D eigenvalue weighted by Gasteiger charge is 2.50. The van der Waals surface area contributed by atoms with E-state index in [0.717, 1.165) is 135 Å². The van der Waals surface area contributed by atoms with Crippen molar-refractivity contribution in [3.8, 4) is 0 Å². The average Bonchev–Trinajstić information content (AvgIpc) is 3.43. The molecule has 0 aromatic rings. The number of aliphatic hydroxyl groups is 2. The topological polar surface area (TPSA) is 175 Å². The summed E-state index contributed by atoms with van der Waals surface area (Å²) in [6.07, 6.45) is 58.3. The third kappa shape index (κ3) is 44.3. The Kier molecular flexibility index (Phi) is 50.3. The number of allylic oxidation sites excluding steroid dienone is 14. The van der Waals surface area contributed by atoms with E-state index in [0.29, 0.717) is 19.3 Å². The van der Waals surface area contributed by atoms with Gasteiger partial charge in [-0.1, -0.05) is 221 Å². The Balaban J connectivity index is 2.64. The van der Waals surface area contributed by atoms with Gasteiger partial charge in [0.1, 0.15) is 18.8 Å². The van der Waals surface area contributed by atoms with Crippen LogP contribution in [0, 0.1) is 0 Å². The molecule has 3 N–H and O–H groups in total. The molecule has 6 atom stereocenters. The largest absolute Gasteiger partial charge is 0.479 e. The van der Waals surface area contributed by atoms with Crippen LogP contribution in [0.3, 0.4) is 0 Å². The normalized spacial score (nSPS) is 18.4. The number of ether oxygens (including phenoxy) is 5. The van der Waals surface area contributed by atoms with E-state index in [2.05, 4.69) is 106 Å². The lowest BCUT2D eigenvalue weighted by molar-refractivity contribution is -0.301. The molecule has 0 radical (unpaired) electrons. The van der Waals surface area contributed by atoms with Gasteiger partial charge in [0, 0.05) is 19.3 Å². The molecule has 0 amide bonds. The van der Waals surface area contributed by atoms with Gasteiger partial charge in [0.05, 0.1) is 6.61 Å². The summed E-state index contributed by atoms with van der Waals surface area (Å²) in [5, 5.41) is 31.5. The molecule has 1 saturated heterocycles. The number of hydrogen-bond acceptors (Lipinski definition) is 11. The van der Waals surface area contributed by atoms with Gasteiger partial charge in [-0.15, -0.1) is 0 Å². The maximum Gasteiger partial charge on any atom is 0.335 e. The number of carboxylic acid groups (broad SMARTS) is 1. The first-order valence-electron chi connectivity index (χ1n) is 31.6. The zero-order chi connectivity index (χ0) is 57.5. The lowest BCUT2D eigenvalue weighted by atomic mass is 9.98. The fraction of sp³-hybridized carbons (Fsp3) is 0.731. The smallest absolute Gasteiger partial charge is 0.335 e. The van der Waals surface area contributed by atoms with E-state index in [1.807, 2.05) is 0 Å². The average molecular weight is 1110 g/mol. The molecule has 0 aromatic carbocycles. The second-order valence-corrected chi connectivity index (χ2v) is 21.3. The van der Waals surface area contributed by atoms with E-state index in [1.165, 1.54) is 70.6 Å². The van der Waals surface area contributed by atoms with E-state index < -0.39 is 67.3 Å². The molecule has 1 aliphatic heterocycles. The quantitative estimate of drug-likeness (QED) is 0.0228. The number of carboxylic acids is 1. The van der Waals surface area contributed by atoms with E-state index >= 15 is 0 Å². The number of unbranched alkanes of at least 4 members (excludes halogenated alkanes) is 25. The molecular formula is C67H112O12. The Morgan fingerprint density at radius 3 is 1.27 bits per heavy atom. The number of rotatable bonds is 53. The molecule has 79 heavy (non-hydrogen) atoms. The monoisotopic (exact) mass is 1110 g/mol. The van der Waals surface area contributed by atoms with Gasteiger partial charge >= 0.3 is 23.9 Å². The summed E-state index contributed by atoms with van der Waals surface area (Å²) in [5.41, 5.74) is 0. The van der Waals surface area contributed by atoms with Gasteiger partial charge in [-0.2, -0.15) is 0 Å². The molecule has 12 nitrogen and oxygen atoms in total. The van der Waals surface area contributed by atoms with Crippen LogP contribution in [-0.4, -0.2) is 89.2 Å². The summed E-state index contributed by atoms with van der Waals surface area (Å²) in [6.45, 7) is 5.81. The Bertz CT molecular complexity index is 1700. The maximum absolute atomic E-state index is 13.1. The third-order valence-electron chi connectivity index (χ3n) is 13.9. The van der Waals surface area contributed by atoms with Crippen LogP contribution in [0.25, 0.3) is 0 Å². The van der Waals surface area contributed by atoms with Crippen LogP contribution >= 0.6 is 0 Å². The first-order valence-corrected chi connectivity index (χ1v) is 31.6. The van der Waals surface area contributed by atoms with Crippen molar-refractivity contribution in [1.29, 1.82) is 0 Å². The highest BCUT2D eigenvalue weighted by Crippen LogP contribution is 2.26. The zero-order valence-corrected chi connectivity index (χ0v) is 49.8. The molecular weight excluding hydrogens is 997 g/mol. The van der Waals surface area contributed by atoms with Crippen molar-refractivity contribution in [2.75, 3.05) is 13.2 Å². The van der Waals surface area contributed by atoms with Crippen LogP contribution in [0.15, 0.2) is 85.1 Å². The van der Waals surface area contributed by atoms with Crippen molar-refractivity contribution < 1.29 is 58.2 Å².